The number of carboxylic acids is 1. The van der Waals surface area contributed by atoms with Gasteiger partial charge < -0.3 is 9.84 Å². The molecule has 1 aromatic carbocycles. The molecule has 0 aliphatic carbocycles. The summed E-state index contributed by atoms with van der Waals surface area (Å²) >= 11 is 0. The Morgan fingerprint density at radius 3 is 2.38 bits per heavy atom. The number of ether oxygens (including phenoxy) is 1. The molecule has 88 valence electrons. The number of nitrogens with two attached hydrogens (primary N) is 1. The highest BCUT2D eigenvalue weighted by atomic mass is 32.2. The normalized spacial score (nSPS) is 11.2. The van der Waals surface area contributed by atoms with Crippen LogP contribution >= 0.6 is 0 Å². The van der Waals surface area contributed by atoms with Crippen LogP contribution in [-0.4, -0.2) is 26.6 Å². The average Bonchev–Trinajstić information content (AvgIpc) is 2.14. The van der Waals surface area contributed by atoms with E-state index in [1.807, 2.05) is 0 Å². The lowest BCUT2D eigenvalue weighted by Crippen LogP contribution is -2.15. The zero-order valence-electron chi connectivity index (χ0n) is 8.72. The predicted molar refractivity (Wildman–Crippen MR) is 56.1 cm³/mol. The van der Waals surface area contributed by atoms with Crippen molar-refractivity contribution in [2.75, 3.05) is 7.11 Å². The van der Waals surface area contributed by atoms with E-state index in [1.165, 1.54) is 13.2 Å². The lowest BCUT2D eigenvalue weighted by atomic mass is 10.1. The zero-order chi connectivity index (χ0) is 12.5. The lowest BCUT2D eigenvalue weighted by Gasteiger charge is -2.10. The molecule has 0 unspecified atom stereocenters. The molecular weight excluding hydrogens is 234 g/mol. The standard InChI is InChI=1S/C9H11NO5S/c1-5-3-6(9(11)12)4-7(8(5)15-2)16(10,13)14/h3-4H,1-2H3,(H,11,12)(H2,10,13,14). The van der Waals surface area contributed by atoms with Crippen LogP contribution in [0.25, 0.3) is 0 Å². The van der Waals surface area contributed by atoms with E-state index in [0.717, 1.165) is 6.07 Å². The van der Waals surface area contributed by atoms with Gasteiger partial charge in [-0.05, 0) is 24.6 Å². The van der Waals surface area contributed by atoms with Crippen molar-refractivity contribution in [3.05, 3.63) is 23.3 Å². The van der Waals surface area contributed by atoms with Gasteiger partial charge in [-0.15, -0.1) is 0 Å². The smallest absolute Gasteiger partial charge is 0.335 e. The van der Waals surface area contributed by atoms with Gasteiger partial charge in [0, 0.05) is 0 Å². The van der Waals surface area contributed by atoms with Gasteiger partial charge in [0.1, 0.15) is 10.6 Å². The number of carbonyl (C=O) groups is 1. The lowest BCUT2D eigenvalue weighted by molar-refractivity contribution is 0.0696. The highest BCUT2D eigenvalue weighted by Crippen LogP contribution is 2.28. The molecule has 6 nitrogen and oxygen atoms in total. The molecular formula is C9H11NO5S. The first-order chi connectivity index (χ1) is 7.27. The van der Waals surface area contributed by atoms with E-state index in [4.69, 9.17) is 15.0 Å². The van der Waals surface area contributed by atoms with E-state index in [9.17, 15) is 13.2 Å². The van der Waals surface area contributed by atoms with Gasteiger partial charge in [0.15, 0.2) is 0 Å². The molecule has 0 amide bonds. The predicted octanol–water partition coefficient (Wildman–Crippen LogP) is 0.349. The van der Waals surface area contributed by atoms with Crippen LogP contribution in [-0.2, 0) is 10.0 Å². The topological polar surface area (TPSA) is 107 Å². The van der Waals surface area contributed by atoms with Gasteiger partial charge in [-0.3, -0.25) is 0 Å². The monoisotopic (exact) mass is 245 g/mol. The summed E-state index contributed by atoms with van der Waals surface area (Å²) in [6.07, 6.45) is 0. The Bertz CT molecular complexity index is 535. The third-order valence-corrected chi connectivity index (χ3v) is 2.91. The molecule has 16 heavy (non-hydrogen) atoms. The second-order valence-corrected chi connectivity index (χ2v) is 4.70. The largest absolute Gasteiger partial charge is 0.495 e. The Morgan fingerprint density at radius 1 is 1.44 bits per heavy atom. The molecule has 7 heteroatoms. The molecule has 1 aromatic rings. The fraction of sp³-hybridized carbons (Fsp3) is 0.222. The second-order valence-electron chi connectivity index (χ2n) is 3.17. The Balaban J connectivity index is 3.62. The molecule has 0 fully saturated rings. The molecule has 0 aliphatic heterocycles. The van der Waals surface area contributed by atoms with Gasteiger partial charge in [-0.2, -0.15) is 0 Å². The van der Waals surface area contributed by atoms with E-state index in [0.29, 0.717) is 5.56 Å². The summed E-state index contributed by atoms with van der Waals surface area (Å²) in [5, 5.41) is 13.8. The summed E-state index contributed by atoms with van der Waals surface area (Å²) in [6.45, 7) is 1.54. The molecule has 3 N–H and O–H groups in total. The molecule has 0 atom stereocenters. The number of hydrogen-bond donors (Lipinski definition) is 2. The minimum absolute atomic E-state index is 0.0625. The van der Waals surface area contributed by atoms with Gasteiger partial charge in [-0.25, -0.2) is 18.4 Å². The quantitative estimate of drug-likeness (QED) is 0.799. The fourth-order valence-electron chi connectivity index (χ4n) is 1.34. The highest BCUT2D eigenvalue weighted by molar-refractivity contribution is 7.89. The molecule has 0 radical (unpaired) electrons. The summed E-state index contributed by atoms with van der Waals surface area (Å²) < 4.78 is 27.4. The van der Waals surface area contributed by atoms with Crippen molar-refractivity contribution in [1.29, 1.82) is 0 Å². The van der Waals surface area contributed by atoms with E-state index in [2.05, 4.69) is 0 Å². The summed E-state index contributed by atoms with van der Waals surface area (Å²) in [5.74, 6) is -1.16. The first-order valence-corrected chi connectivity index (χ1v) is 5.76. The van der Waals surface area contributed by atoms with Crippen LogP contribution in [0.4, 0.5) is 0 Å². The van der Waals surface area contributed by atoms with E-state index >= 15 is 0 Å². The molecule has 0 spiro atoms. The van der Waals surface area contributed by atoms with Gasteiger partial charge in [0.25, 0.3) is 0 Å². The summed E-state index contributed by atoms with van der Waals surface area (Å²) in [5.41, 5.74) is 0.244. The van der Waals surface area contributed by atoms with Crippen molar-refractivity contribution in [2.45, 2.75) is 11.8 Å². The Labute approximate surface area is 92.7 Å². The maximum atomic E-state index is 11.2. The van der Waals surface area contributed by atoms with Crippen LogP contribution in [0, 0.1) is 6.92 Å². The van der Waals surface area contributed by atoms with Crippen molar-refractivity contribution in [3.8, 4) is 5.75 Å². The van der Waals surface area contributed by atoms with Gasteiger partial charge in [0.2, 0.25) is 10.0 Å². The van der Waals surface area contributed by atoms with E-state index < -0.39 is 16.0 Å². The molecule has 0 aromatic heterocycles. The number of aromatic carboxylic acids is 1. The Hall–Kier alpha value is -1.60. The number of methoxy groups -OCH3 is 1. The van der Waals surface area contributed by atoms with Crippen molar-refractivity contribution in [1.82, 2.24) is 0 Å². The van der Waals surface area contributed by atoms with E-state index in [-0.39, 0.29) is 16.2 Å². The maximum Gasteiger partial charge on any atom is 0.335 e. The maximum absolute atomic E-state index is 11.2. The first-order valence-electron chi connectivity index (χ1n) is 4.22. The zero-order valence-corrected chi connectivity index (χ0v) is 9.54. The van der Waals surface area contributed by atoms with Gasteiger partial charge in [0.05, 0.1) is 12.7 Å². The summed E-state index contributed by atoms with van der Waals surface area (Å²) in [6, 6.07) is 2.29. The summed E-state index contributed by atoms with van der Waals surface area (Å²) in [4.78, 5) is 10.4. The van der Waals surface area contributed by atoms with Crippen LogP contribution in [0.1, 0.15) is 15.9 Å². The molecule has 0 aliphatic rings. The van der Waals surface area contributed by atoms with Crippen molar-refractivity contribution >= 4 is 16.0 Å². The number of sulfonamides is 1. The van der Waals surface area contributed by atoms with Gasteiger partial charge >= 0.3 is 5.97 Å². The Morgan fingerprint density at radius 2 is 2.00 bits per heavy atom. The number of aryl methyl sites for hydroxylation is 1. The number of primary sulfonamides is 1. The number of rotatable bonds is 3. The third-order valence-electron chi connectivity index (χ3n) is 2.00. The molecule has 0 heterocycles. The van der Waals surface area contributed by atoms with E-state index in [1.54, 1.807) is 6.92 Å². The van der Waals surface area contributed by atoms with Crippen molar-refractivity contribution < 1.29 is 23.1 Å². The minimum atomic E-state index is -4.01. The van der Waals surface area contributed by atoms with Crippen molar-refractivity contribution in [2.24, 2.45) is 5.14 Å². The first kappa shape index (κ1) is 12.5. The average molecular weight is 245 g/mol. The van der Waals surface area contributed by atoms with Gasteiger partial charge in [-0.1, -0.05) is 0 Å². The SMILES string of the molecule is COc1c(C)cc(C(=O)O)cc1S(N)(=O)=O. The molecule has 0 saturated carbocycles. The highest BCUT2D eigenvalue weighted by Gasteiger charge is 2.20. The minimum Gasteiger partial charge on any atom is -0.495 e. The van der Waals surface area contributed by atoms with Crippen LogP contribution in [0.15, 0.2) is 17.0 Å². The second kappa shape index (κ2) is 4.11. The Kier molecular flexibility index (Phi) is 3.20. The fourth-order valence-corrected chi connectivity index (χ4v) is 2.13. The van der Waals surface area contributed by atoms with Crippen LogP contribution < -0.4 is 9.88 Å². The third kappa shape index (κ3) is 2.31. The van der Waals surface area contributed by atoms with Crippen molar-refractivity contribution in [3.63, 3.8) is 0 Å². The number of hydrogen-bond acceptors (Lipinski definition) is 4. The van der Waals surface area contributed by atoms with Crippen LogP contribution in [0.2, 0.25) is 0 Å². The number of carboxylic acid groups (broad SMARTS) is 1. The van der Waals surface area contributed by atoms with Crippen LogP contribution in [0.5, 0.6) is 5.75 Å². The summed E-state index contributed by atoms with van der Waals surface area (Å²) in [7, 11) is -2.72. The number of benzene rings is 1. The molecule has 0 saturated heterocycles. The molecule has 1 rings (SSSR count). The molecule has 0 bridgehead atoms. The van der Waals surface area contributed by atoms with Crippen LogP contribution in [0.3, 0.4) is 0 Å².